The third-order valence-electron chi connectivity index (χ3n) is 1.50. The second kappa shape index (κ2) is 3.58. The van der Waals surface area contributed by atoms with Crippen molar-refractivity contribution in [3.05, 3.63) is 38.7 Å². The molecule has 0 atom stereocenters. The zero-order valence-corrected chi connectivity index (χ0v) is 7.96. The van der Waals surface area contributed by atoms with Crippen molar-refractivity contribution in [2.45, 2.75) is 6.92 Å². The van der Waals surface area contributed by atoms with E-state index in [9.17, 15) is 9.70 Å². The Morgan fingerprint density at radius 2 is 2.17 bits per heavy atom. The number of halogens is 1. The molecule has 3 nitrogen and oxygen atoms in total. The van der Waals surface area contributed by atoms with Gasteiger partial charge in [0.1, 0.15) is 0 Å². The number of carbonyl (C=O) groups excluding carboxylic acids is 1. The monoisotopic (exact) mass is 227 g/mol. The average molecular weight is 228 g/mol. The van der Waals surface area contributed by atoms with Crippen LogP contribution in [0, 0.1) is 11.8 Å². The normalized spacial score (nSPS) is 9.50. The van der Waals surface area contributed by atoms with Crippen LogP contribution in [0.5, 0.6) is 0 Å². The van der Waals surface area contributed by atoms with Gasteiger partial charge in [0.15, 0.2) is 0 Å². The molecule has 0 fully saturated rings. The van der Waals surface area contributed by atoms with Crippen LogP contribution in [-0.4, -0.2) is 5.91 Å². The summed E-state index contributed by atoms with van der Waals surface area (Å²) in [6.07, 6.45) is 0. The van der Waals surface area contributed by atoms with Gasteiger partial charge in [-0.3, -0.25) is 4.79 Å². The Kier molecular flexibility index (Phi) is 2.70. The number of benzene rings is 1. The van der Waals surface area contributed by atoms with Gasteiger partial charge in [0, 0.05) is 15.2 Å². The van der Waals surface area contributed by atoms with Crippen molar-refractivity contribution >= 4 is 21.8 Å². The standard InChI is InChI=1S/C8H6BrNO2/c1-5-4-6(9)2-3-7(5)8(11)10-12/h2-4H,1H3. The quantitative estimate of drug-likeness (QED) is 0.693. The van der Waals surface area contributed by atoms with E-state index in [1.54, 1.807) is 25.1 Å². The fourth-order valence-corrected chi connectivity index (χ4v) is 1.39. The molecule has 4 heteroatoms. The van der Waals surface area contributed by atoms with Gasteiger partial charge in [-0.1, -0.05) is 15.9 Å². The van der Waals surface area contributed by atoms with E-state index in [1.807, 2.05) is 0 Å². The number of nitroso groups, excluding NO2 is 1. The minimum atomic E-state index is -0.722. The Bertz CT molecular complexity index is 336. The third-order valence-corrected chi connectivity index (χ3v) is 2.00. The first-order valence-corrected chi connectivity index (χ1v) is 4.08. The van der Waals surface area contributed by atoms with Crippen LogP contribution >= 0.6 is 15.9 Å². The first-order valence-electron chi connectivity index (χ1n) is 3.29. The van der Waals surface area contributed by atoms with Crippen molar-refractivity contribution in [1.82, 2.24) is 0 Å². The molecule has 1 rings (SSSR count). The number of hydrogen-bond donors (Lipinski definition) is 0. The molecular formula is C8H6BrNO2. The Balaban J connectivity index is 3.18. The third kappa shape index (κ3) is 1.76. The van der Waals surface area contributed by atoms with Gasteiger partial charge >= 0.3 is 5.91 Å². The van der Waals surface area contributed by atoms with E-state index in [2.05, 4.69) is 21.1 Å². The predicted molar refractivity (Wildman–Crippen MR) is 49.0 cm³/mol. The highest BCUT2D eigenvalue weighted by atomic mass is 79.9. The minimum Gasteiger partial charge on any atom is -0.263 e. The van der Waals surface area contributed by atoms with Crippen LogP contribution in [-0.2, 0) is 0 Å². The zero-order chi connectivity index (χ0) is 9.14. The highest BCUT2D eigenvalue weighted by Crippen LogP contribution is 2.16. The molecule has 0 radical (unpaired) electrons. The number of hydrogen-bond acceptors (Lipinski definition) is 2. The van der Waals surface area contributed by atoms with Crippen molar-refractivity contribution in [1.29, 1.82) is 0 Å². The molecule has 0 saturated carbocycles. The molecular weight excluding hydrogens is 222 g/mol. The zero-order valence-electron chi connectivity index (χ0n) is 6.37. The summed E-state index contributed by atoms with van der Waals surface area (Å²) in [4.78, 5) is 20.8. The van der Waals surface area contributed by atoms with Gasteiger partial charge in [0.2, 0.25) is 0 Å². The summed E-state index contributed by atoms with van der Waals surface area (Å²) in [5, 5.41) is 2.35. The van der Waals surface area contributed by atoms with Crippen LogP contribution < -0.4 is 0 Å². The van der Waals surface area contributed by atoms with E-state index in [1.165, 1.54) is 0 Å². The lowest BCUT2D eigenvalue weighted by Crippen LogP contribution is -1.96. The van der Waals surface area contributed by atoms with Crippen LogP contribution in [0.1, 0.15) is 15.9 Å². The maximum atomic E-state index is 10.9. The molecule has 0 saturated heterocycles. The van der Waals surface area contributed by atoms with Gasteiger partial charge < -0.3 is 0 Å². The number of aryl methyl sites for hydroxylation is 1. The highest BCUT2D eigenvalue weighted by molar-refractivity contribution is 9.10. The van der Waals surface area contributed by atoms with E-state index >= 15 is 0 Å². The molecule has 62 valence electrons. The van der Waals surface area contributed by atoms with Crippen molar-refractivity contribution in [3.63, 3.8) is 0 Å². The number of nitrogens with zero attached hydrogens (tertiary/aromatic N) is 1. The Morgan fingerprint density at radius 3 is 2.67 bits per heavy atom. The molecule has 1 aromatic carbocycles. The largest absolute Gasteiger partial charge is 0.317 e. The molecule has 0 aliphatic carbocycles. The van der Waals surface area contributed by atoms with Crippen LogP contribution in [0.2, 0.25) is 0 Å². The molecule has 0 aliphatic rings. The number of rotatable bonds is 1. The summed E-state index contributed by atoms with van der Waals surface area (Å²) in [6, 6.07) is 5.03. The average Bonchev–Trinajstić information content (AvgIpc) is 2.03. The van der Waals surface area contributed by atoms with E-state index in [0.29, 0.717) is 5.56 Å². The first kappa shape index (κ1) is 9.06. The Hall–Kier alpha value is -1.03. The molecule has 0 aliphatic heterocycles. The number of carbonyl (C=O) groups is 1. The Morgan fingerprint density at radius 1 is 1.50 bits per heavy atom. The molecule has 0 heterocycles. The fourth-order valence-electron chi connectivity index (χ4n) is 0.916. The SMILES string of the molecule is Cc1cc(Br)ccc1C(=O)N=O. The van der Waals surface area contributed by atoms with Crippen LogP contribution in [0.25, 0.3) is 0 Å². The van der Waals surface area contributed by atoms with E-state index < -0.39 is 5.91 Å². The lowest BCUT2D eigenvalue weighted by atomic mass is 10.1. The smallest absolute Gasteiger partial charge is 0.263 e. The summed E-state index contributed by atoms with van der Waals surface area (Å²) in [7, 11) is 0. The van der Waals surface area contributed by atoms with Gasteiger partial charge in [-0.05, 0) is 30.7 Å². The topological polar surface area (TPSA) is 46.5 Å². The fraction of sp³-hybridized carbons (Fsp3) is 0.125. The maximum Gasteiger partial charge on any atom is 0.317 e. The lowest BCUT2D eigenvalue weighted by molar-refractivity contribution is 0.1000. The van der Waals surface area contributed by atoms with E-state index in [-0.39, 0.29) is 0 Å². The summed E-state index contributed by atoms with van der Waals surface area (Å²) in [5.41, 5.74) is 1.10. The van der Waals surface area contributed by atoms with Gasteiger partial charge in [-0.2, -0.15) is 0 Å². The van der Waals surface area contributed by atoms with E-state index in [4.69, 9.17) is 0 Å². The van der Waals surface area contributed by atoms with Crippen molar-refractivity contribution in [2.75, 3.05) is 0 Å². The first-order chi connectivity index (χ1) is 5.65. The molecule has 12 heavy (non-hydrogen) atoms. The summed E-state index contributed by atoms with van der Waals surface area (Å²) < 4.78 is 0.877. The molecule has 1 amide bonds. The van der Waals surface area contributed by atoms with Crippen LogP contribution in [0.4, 0.5) is 0 Å². The highest BCUT2D eigenvalue weighted by Gasteiger charge is 2.08. The molecule has 0 N–H and O–H groups in total. The van der Waals surface area contributed by atoms with E-state index in [0.717, 1.165) is 10.0 Å². The molecule has 1 aromatic rings. The lowest BCUT2D eigenvalue weighted by Gasteiger charge is -1.98. The maximum absolute atomic E-state index is 10.9. The van der Waals surface area contributed by atoms with Gasteiger partial charge in [-0.25, -0.2) is 0 Å². The predicted octanol–water partition coefficient (Wildman–Crippen LogP) is 2.66. The van der Waals surface area contributed by atoms with Crippen LogP contribution in [0.15, 0.2) is 27.8 Å². The second-order valence-corrected chi connectivity index (χ2v) is 3.27. The van der Waals surface area contributed by atoms with Gasteiger partial charge in [0.25, 0.3) is 0 Å². The molecule has 0 bridgehead atoms. The van der Waals surface area contributed by atoms with Crippen molar-refractivity contribution in [3.8, 4) is 0 Å². The molecule has 0 spiro atoms. The molecule has 0 aromatic heterocycles. The Labute approximate surface area is 77.9 Å². The van der Waals surface area contributed by atoms with Gasteiger partial charge in [-0.15, -0.1) is 4.91 Å². The second-order valence-electron chi connectivity index (χ2n) is 2.36. The summed E-state index contributed by atoms with van der Waals surface area (Å²) in [6.45, 7) is 1.75. The van der Waals surface area contributed by atoms with Crippen LogP contribution in [0.3, 0.4) is 0 Å². The summed E-state index contributed by atoms with van der Waals surface area (Å²) >= 11 is 3.25. The van der Waals surface area contributed by atoms with Crippen molar-refractivity contribution < 1.29 is 4.79 Å². The molecule has 0 unspecified atom stereocenters. The van der Waals surface area contributed by atoms with Crippen molar-refractivity contribution in [2.24, 2.45) is 5.18 Å². The minimum absolute atomic E-state index is 0.355. The number of amides is 1. The van der Waals surface area contributed by atoms with Gasteiger partial charge in [0.05, 0.1) is 0 Å². The summed E-state index contributed by atoms with van der Waals surface area (Å²) in [5.74, 6) is -0.722.